The molecule has 0 saturated heterocycles. The van der Waals surface area contributed by atoms with Crippen LogP contribution < -0.4 is 5.43 Å². The Morgan fingerprint density at radius 2 is 1.79 bits per heavy atom. The summed E-state index contributed by atoms with van der Waals surface area (Å²) in [5.74, 6) is -0.518. The number of nitrogens with one attached hydrogen (secondary N) is 1. The Kier molecular flexibility index (Phi) is 2.84. The van der Waals surface area contributed by atoms with Gasteiger partial charge in [0.1, 0.15) is 5.82 Å². The maximum absolute atomic E-state index is 13.3. The third kappa shape index (κ3) is 2.13. The third-order valence-corrected chi connectivity index (χ3v) is 3.24. The van der Waals surface area contributed by atoms with Crippen molar-refractivity contribution in [1.82, 2.24) is 4.98 Å². The van der Waals surface area contributed by atoms with Gasteiger partial charge in [-0.2, -0.15) is 0 Å². The Balaban J connectivity index is 2.34. The first-order valence-corrected chi connectivity index (χ1v) is 6.10. The summed E-state index contributed by atoms with van der Waals surface area (Å²) in [6.45, 7) is 0. The van der Waals surface area contributed by atoms with Crippen molar-refractivity contribution in [3.63, 3.8) is 0 Å². The Hall–Kier alpha value is -2.13. The van der Waals surface area contributed by atoms with Crippen molar-refractivity contribution in [1.29, 1.82) is 0 Å². The number of pyridine rings is 1. The van der Waals surface area contributed by atoms with Crippen LogP contribution in [0.25, 0.3) is 22.2 Å². The summed E-state index contributed by atoms with van der Waals surface area (Å²) in [6, 6.07) is 13.2. The molecule has 0 amide bonds. The number of hydrogen-bond donors (Lipinski definition) is 1. The summed E-state index contributed by atoms with van der Waals surface area (Å²) >= 11 is 5.98. The summed E-state index contributed by atoms with van der Waals surface area (Å²) in [5.41, 5.74) is 1.73. The number of aromatic amines is 1. The molecule has 3 rings (SSSR count). The van der Waals surface area contributed by atoms with E-state index in [4.69, 9.17) is 11.6 Å². The van der Waals surface area contributed by atoms with Crippen LogP contribution in [-0.2, 0) is 0 Å². The average molecular weight is 274 g/mol. The third-order valence-electron chi connectivity index (χ3n) is 2.94. The first kappa shape index (κ1) is 11.9. The zero-order valence-electron chi connectivity index (χ0n) is 9.78. The van der Waals surface area contributed by atoms with Crippen LogP contribution in [0.2, 0.25) is 5.02 Å². The van der Waals surface area contributed by atoms with Crippen LogP contribution in [0.15, 0.2) is 53.3 Å². The second-order valence-electron chi connectivity index (χ2n) is 4.22. The molecule has 2 aromatic carbocycles. The molecule has 0 aliphatic rings. The molecule has 0 bridgehead atoms. The molecule has 4 heteroatoms. The Labute approximate surface area is 113 Å². The van der Waals surface area contributed by atoms with E-state index in [0.717, 1.165) is 5.56 Å². The average Bonchev–Trinajstić information content (AvgIpc) is 2.41. The summed E-state index contributed by atoms with van der Waals surface area (Å²) < 4.78 is 13.3. The number of fused-ring (bicyclic) bond motifs is 1. The van der Waals surface area contributed by atoms with Crippen molar-refractivity contribution in [2.75, 3.05) is 0 Å². The van der Waals surface area contributed by atoms with Crippen LogP contribution in [0, 0.1) is 5.82 Å². The largest absolute Gasteiger partial charge is 0.353 e. The second kappa shape index (κ2) is 4.52. The SMILES string of the molecule is O=c1cc(-c2ccccc2)[nH]c2c(Cl)cc(F)cc12. The highest BCUT2D eigenvalue weighted by molar-refractivity contribution is 6.35. The van der Waals surface area contributed by atoms with E-state index in [-0.39, 0.29) is 15.8 Å². The maximum atomic E-state index is 13.3. The molecular formula is C15H9ClFNO. The first-order valence-electron chi connectivity index (χ1n) is 5.72. The van der Waals surface area contributed by atoms with E-state index in [1.54, 1.807) is 0 Å². The van der Waals surface area contributed by atoms with Gasteiger partial charge in [-0.05, 0) is 17.7 Å². The molecule has 0 aliphatic carbocycles. The highest BCUT2D eigenvalue weighted by Gasteiger charge is 2.08. The van der Waals surface area contributed by atoms with Crippen molar-refractivity contribution in [3.8, 4) is 11.3 Å². The first-order chi connectivity index (χ1) is 9.15. The Morgan fingerprint density at radius 1 is 1.05 bits per heavy atom. The molecule has 1 N–H and O–H groups in total. The van der Waals surface area contributed by atoms with Crippen molar-refractivity contribution in [2.24, 2.45) is 0 Å². The van der Waals surface area contributed by atoms with Gasteiger partial charge in [0, 0.05) is 17.1 Å². The molecular weight excluding hydrogens is 265 g/mol. The fraction of sp³-hybridized carbons (Fsp3) is 0. The van der Waals surface area contributed by atoms with Gasteiger partial charge in [0.25, 0.3) is 0 Å². The molecule has 0 aliphatic heterocycles. The van der Waals surface area contributed by atoms with Crippen molar-refractivity contribution < 1.29 is 4.39 Å². The van der Waals surface area contributed by atoms with Crippen LogP contribution in [0.4, 0.5) is 4.39 Å². The van der Waals surface area contributed by atoms with Crippen LogP contribution in [0.3, 0.4) is 0 Å². The predicted octanol–water partition coefficient (Wildman–Crippen LogP) is 3.99. The molecule has 1 aromatic heterocycles. The van der Waals surface area contributed by atoms with Crippen molar-refractivity contribution in [3.05, 3.63) is 69.6 Å². The summed E-state index contributed by atoms with van der Waals surface area (Å²) in [6.07, 6.45) is 0. The lowest BCUT2D eigenvalue weighted by atomic mass is 10.1. The van der Waals surface area contributed by atoms with E-state index >= 15 is 0 Å². The van der Waals surface area contributed by atoms with E-state index in [0.29, 0.717) is 11.2 Å². The molecule has 0 atom stereocenters. The molecule has 19 heavy (non-hydrogen) atoms. The number of rotatable bonds is 1. The van der Waals surface area contributed by atoms with E-state index < -0.39 is 5.82 Å². The monoisotopic (exact) mass is 273 g/mol. The fourth-order valence-electron chi connectivity index (χ4n) is 2.05. The number of halogens is 2. The van der Waals surface area contributed by atoms with Crippen molar-refractivity contribution in [2.45, 2.75) is 0 Å². The van der Waals surface area contributed by atoms with Gasteiger partial charge in [-0.1, -0.05) is 41.9 Å². The molecule has 2 nitrogen and oxygen atoms in total. The van der Waals surface area contributed by atoms with Gasteiger partial charge in [0.2, 0.25) is 0 Å². The van der Waals surface area contributed by atoms with Crippen molar-refractivity contribution >= 4 is 22.5 Å². The lowest BCUT2D eigenvalue weighted by Gasteiger charge is -2.06. The molecule has 1 heterocycles. The van der Waals surface area contributed by atoms with Gasteiger partial charge in [-0.25, -0.2) is 4.39 Å². The topological polar surface area (TPSA) is 32.9 Å². The van der Waals surface area contributed by atoms with Crippen LogP contribution >= 0.6 is 11.6 Å². The number of H-pyrrole nitrogens is 1. The van der Waals surface area contributed by atoms with Crippen LogP contribution in [-0.4, -0.2) is 4.98 Å². The number of benzene rings is 2. The maximum Gasteiger partial charge on any atom is 0.190 e. The van der Waals surface area contributed by atoms with Gasteiger partial charge in [0.05, 0.1) is 10.5 Å². The predicted molar refractivity (Wildman–Crippen MR) is 75.0 cm³/mol. The number of hydrogen-bond acceptors (Lipinski definition) is 1. The molecule has 0 unspecified atom stereocenters. The summed E-state index contributed by atoms with van der Waals surface area (Å²) in [4.78, 5) is 15.1. The Bertz CT molecular complexity index is 811. The zero-order valence-corrected chi connectivity index (χ0v) is 10.5. The van der Waals surface area contributed by atoms with E-state index in [1.807, 2.05) is 30.3 Å². The van der Waals surface area contributed by atoms with E-state index in [2.05, 4.69) is 4.98 Å². The highest BCUT2D eigenvalue weighted by Crippen LogP contribution is 2.24. The minimum absolute atomic E-state index is 0.199. The molecule has 0 spiro atoms. The minimum Gasteiger partial charge on any atom is -0.353 e. The lowest BCUT2D eigenvalue weighted by Crippen LogP contribution is -2.03. The standard InChI is InChI=1S/C15H9ClFNO/c16-12-7-10(17)6-11-14(19)8-13(18-15(11)12)9-4-2-1-3-5-9/h1-8H,(H,18,19). The lowest BCUT2D eigenvalue weighted by molar-refractivity contribution is 0.629. The molecule has 0 fully saturated rings. The summed E-state index contributed by atoms with van der Waals surface area (Å²) in [5, 5.41) is 0.453. The van der Waals surface area contributed by atoms with Gasteiger partial charge >= 0.3 is 0 Å². The molecule has 0 radical (unpaired) electrons. The molecule has 3 aromatic rings. The van der Waals surface area contributed by atoms with E-state index in [1.165, 1.54) is 18.2 Å². The fourth-order valence-corrected chi connectivity index (χ4v) is 2.30. The smallest absolute Gasteiger partial charge is 0.190 e. The van der Waals surface area contributed by atoms with Gasteiger partial charge in [-0.3, -0.25) is 4.79 Å². The quantitative estimate of drug-likeness (QED) is 0.714. The Morgan fingerprint density at radius 3 is 2.53 bits per heavy atom. The highest BCUT2D eigenvalue weighted by atomic mass is 35.5. The zero-order chi connectivity index (χ0) is 13.4. The van der Waals surface area contributed by atoms with Gasteiger partial charge in [0.15, 0.2) is 5.43 Å². The number of aromatic nitrogens is 1. The van der Waals surface area contributed by atoms with E-state index in [9.17, 15) is 9.18 Å². The normalized spacial score (nSPS) is 10.8. The van der Waals surface area contributed by atoms with Gasteiger partial charge < -0.3 is 4.98 Å². The van der Waals surface area contributed by atoms with Crippen LogP contribution in [0.1, 0.15) is 0 Å². The van der Waals surface area contributed by atoms with Crippen LogP contribution in [0.5, 0.6) is 0 Å². The minimum atomic E-state index is -0.518. The summed E-state index contributed by atoms with van der Waals surface area (Å²) in [7, 11) is 0. The molecule has 0 saturated carbocycles. The van der Waals surface area contributed by atoms with Gasteiger partial charge in [-0.15, -0.1) is 0 Å². The second-order valence-corrected chi connectivity index (χ2v) is 4.63. The molecule has 94 valence electrons.